The molecule has 0 heterocycles. The first-order valence-electron chi connectivity index (χ1n) is 4.84. The Bertz CT molecular complexity index is 328. The monoisotopic (exact) mass is 307 g/mol. The maximum absolute atomic E-state index is 12.0. The van der Waals surface area contributed by atoms with Crippen molar-refractivity contribution in [1.82, 2.24) is 0 Å². The molecule has 2 aliphatic carbocycles. The molecule has 2 bridgehead atoms. The van der Waals surface area contributed by atoms with Crippen LogP contribution < -0.4 is 0 Å². The van der Waals surface area contributed by atoms with Crippen LogP contribution in [0.4, 0.5) is 0 Å². The van der Waals surface area contributed by atoms with Crippen LogP contribution in [0.15, 0.2) is 5.16 Å². The minimum atomic E-state index is -0.291. The normalized spacial score (nSPS) is 49.2. The summed E-state index contributed by atoms with van der Waals surface area (Å²) in [5.74, 6) is 0.234. The minimum Gasteiger partial charge on any atom is -0.411 e. The fraction of sp³-hybridized carbons (Fsp3) is 0.800. The number of hydrogen-bond donors (Lipinski definition) is 1. The van der Waals surface area contributed by atoms with Gasteiger partial charge in [0.25, 0.3) is 0 Å². The first kappa shape index (κ1) is 10.4. The van der Waals surface area contributed by atoms with Crippen molar-refractivity contribution in [3.05, 3.63) is 0 Å². The van der Waals surface area contributed by atoms with Crippen molar-refractivity contribution in [3.8, 4) is 0 Å². The van der Waals surface area contributed by atoms with Crippen molar-refractivity contribution in [3.63, 3.8) is 0 Å². The number of fused-ring (bicyclic) bond motifs is 2. The molecule has 0 aliphatic heterocycles. The number of carbonyl (C=O) groups excluding carboxylic acids is 1. The minimum absolute atomic E-state index is 0.00773. The third-order valence-corrected chi connectivity index (χ3v) is 6.00. The van der Waals surface area contributed by atoms with Gasteiger partial charge in [0, 0.05) is 15.8 Å². The van der Waals surface area contributed by atoms with Crippen LogP contribution in [-0.2, 0) is 4.79 Å². The average Bonchev–Trinajstić information content (AvgIpc) is 2.52. The number of Topliss-reactive ketones (excluding diaryl/α,β-unsaturated/α-hetero) is 1. The van der Waals surface area contributed by atoms with Crippen LogP contribution in [0.1, 0.15) is 26.7 Å². The highest BCUT2D eigenvalue weighted by molar-refractivity contribution is 14.1. The molecular formula is C10H14INO2. The van der Waals surface area contributed by atoms with Gasteiger partial charge in [-0.1, -0.05) is 41.6 Å². The summed E-state index contributed by atoms with van der Waals surface area (Å²) in [6, 6.07) is 0. The Hall–Kier alpha value is -0.130. The molecule has 0 amide bonds. The van der Waals surface area contributed by atoms with Gasteiger partial charge in [0.15, 0.2) is 5.78 Å². The third kappa shape index (κ3) is 0.882. The SMILES string of the molecule is CC12CCC(C(=NO)C1=O)C2(C)CI. The van der Waals surface area contributed by atoms with Crippen LogP contribution in [-0.4, -0.2) is 21.1 Å². The summed E-state index contributed by atoms with van der Waals surface area (Å²) in [4.78, 5) is 12.0. The van der Waals surface area contributed by atoms with E-state index in [1.54, 1.807) is 0 Å². The topological polar surface area (TPSA) is 49.7 Å². The number of alkyl halides is 1. The average molecular weight is 307 g/mol. The maximum atomic E-state index is 12.0. The van der Waals surface area contributed by atoms with E-state index in [-0.39, 0.29) is 22.5 Å². The second-order valence-corrected chi connectivity index (χ2v) is 5.55. The van der Waals surface area contributed by atoms with E-state index in [2.05, 4.69) is 34.7 Å². The van der Waals surface area contributed by atoms with Gasteiger partial charge in [-0.3, -0.25) is 4.79 Å². The molecule has 0 saturated heterocycles. The van der Waals surface area contributed by atoms with Crippen LogP contribution in [0.25, 0.3) is 0 Å². The van der Waals surface area contributed by atoms with E-state index in [0.29, 0.717) is 5.71 Å². The molecule has 78 valence electrons. The van der Waals surface area contributed by atoms with E-state index in [1.807, 2.05) is 6.92 Å². The van der Waals surface area contributed by atoms with Crippen molar-refractivity contribution in [2.75, 3.05) is 4.43 Å². The fourth-order valence-electron chi connectivity index (χ4n) is 3.03. The molecule has 0 radical (unpaired) electrons. The number of rotatable bonds is 1. The Labute approximate surface area is 97.1 Å². The van der Waals surface area contributed by atoms with Gasteiger partial charge in [-0.2, -0.15) is 0 Å². The van der Waals surface area contributed by atoms with E-state index in [0.717, 1.165) is 17.3 Å². The molecule has 3 nitrogen and oxygen atoms in total. The van der Waals surface area contributed by atoms with Gasteiger partial charge in [0.05, 0.1) is 0 Å². The quantitative estimate of drug-likeness (QED) is 0.350. The summed E-state index contributed by atoms with van der Waals surface area (Å²) in [5.41, 5.74) is 0.116. The second kappa shape index (κ2) is 2.93. The molecule has 0 aromatic heterocycles. The van der Waals surface area contributed by atoms with Crippen molar-refractivity contribution < 1.29 is 10.0 Å². The molecule has 2 rings (SSSR count). The van der Waals surface area contributed by atoms with Crippen molar-refractivity contribution in [1.29, 1.82) is 0 Å². The van der Waals surface area contributed by atoms with E-state index >= 15 is 0 Å². The molecule has 0 aromatic carbocycles. The fourth-order valence-corrected chi connectivity index (χ4v) is 4.40. The predicted molar refractivity (Wildman–Crippen MR) is 62.1 cm³/mol. The molecule has 3 atom stereocenters. The van der Waals surface area contributed by atoms with Crippen LogP contribution in [0.3, 0.4) is 0 Å². The Morgan fingerprint density at radius 3 is 2.64 bits per heavy atom. The van der Waals surface area contributed by atoms with Crippen molar-refractivity contribution in [2.45, 2.75) is 26.7 Å². The molecule has 3 unspecified atom stereocenters. The van der Waals surface area contributed by atoms with Gasteiger partial charge in [-0.25, -0.2) is 0 Å². The lowest BCUT2D eigenvalue weighted by Gasteiger charge is -2.33. The zero-order valence-electron chi connectivity index (χ0n) is 8.38. The molecule has 0 spiro atoms. The summed E-state index contributed by atoms with van der Waals surface area (Å²) in [5, 5.41) is 12.1. The zero-order chi connectivity index (χ0) is 10.6. The lowest BCUT2D eigenvalue weighted by atomic mass is 9.70. The lowest BCUT2D eigenvalue weighted by Crippen LogP contribution is -2.36. The Morgan fingerprint density at radius 2 is 2.29 bits per heavy atom. The van der Waals surface area contributed by atoms with E-state index in [4.69, 9.17) is 5.21 Å². The molecular weight excluding hydrogens is 293 g/mol. The summed E-state index contributed by atoms with van der Waals surface area (Å²) in [6.07, 6.45) is 1.93. The van der Waals surface area contributed by atoms with Gasteiger partial charge >= 0.3 is 0 Å². The van der Waals surface area contributed by atoms with Crippen LogP contribution in [0, 0.1) is 16.7 Å². The summed E-state index contributed by atoms with van der Waals surface area (Å²) in [7, 11) is 0. The predicted octanol–water partition coefficient (Wildman–Crippen LogP) is 2.26. The van der Waals surface area contributed by atoms with Crippen molar-refractivity contribution in [2.24, 2.45) is 21.9 Å². The Balaban J connectivity index is 2.56. The molecule has 2 aliphatic rings. The lowest BCUT2D eigenvalue weighted by molar-refractivity contribution is -0.123. The smallest absolute Gasteiger partial charge is 0.187 e. The third-order valence-electron chi connectivity index (χ3n) is 4.41. The van der Waals surface area contributed by atoms with E-state index < -0.39 is 0 Å². The van der Waals surface area contributed by atoms with Gasteiger partial charge < -0.3 is 5.21 Å². The number of hydrogen-bond acceptors (Lipinski definition) is 3. The van der Waals surface area contributed by atoms with E-state index in [1.165, 1.54) is 0 Å². The summed E-state index contributed by atoms with van der Waals surface area (Å²) < 4.78 is 0.941. The first-order chi connectivity index (χ1) is 6.51. The van der Waals surface area contributed by atoms with E-state index in [9.17, 15) is 4.79 Å². The van der Waals surface area contributed by atoms with Crippen LogP contribution >= 0.6 is 22.6 Å². The highest BCUT2D eigenvalue weighted by atomic mass is 127. The van der Waals surface area contributed by atoms with Gasteiger partial charge in [-0.15, -0.1) is 0 Å². The Morgan fingerprint density at radius 1 is 1.64 bits per heavy atom. The number of ketones is 1. The molecule has 1 N–H and O–H groups in total. The summed E-state index contributed by atoms with van der Waals surface area (Å²) in [6.45, 7) is 4.17. The maximum Gasteiger partial charge on any atom is 0.187 e. The number of carbonyl (C=O) groups is 1. The number of halogens is 1. The first-order valence-corrected chi connectivity index (χ1v) is 6.36. The second-order valence-electron chi connectivity index (χ2n) is 4.79. The van der Waals surface area contributed by atoms with Gasteiger partial charge in [-0.05, 0) is 18.3 Å². The molecule has 14 heavy (non-hydrogen) atoms. The summed E-state index contributed by atoms with van der Waals surface area (Å²) >= 11 is 2.33. The Kier molecular flexibility index (Phi) is 2.18. The largest absolute Gasteiger partial charge is 0.411 e. The standard InChI is InChI=1S/C10H14INO2/c1-9-4-3-6(10(9,2)5-11)7(12-14)8(9)13/h6,14H,3-5H2,1-2H3. The highest BCUT2D eigenvalue weighted by Crippen LogP contribution is 2.63. The van der Waals surface area contributed by atoms with Gasteiger partial charge in [0.1, 0.15) is 5.71 Å². The number of nitrogens with zero attached hydrogens (tertiary/aromatic N) is 1. The molecule has 2 saturated carbocycles. The highest BCUT2D eigenvalue weighted by Gasteiger charge is 2.67. The van der Waals surface area contributed by atoms with Crippen LogP contribution in [0.2, 0.25) is 0 Å². The van der Waals surface area contributed by atoms with Crippen molar-refractivity contribution >= 4 is 34.1 Å². The number of oxime groups is 1. The van der Waals surface area contributed by atoms with Crippen LogP contribution in [0.5, 0.6) is 0 Å². The van der Waals surface area contributed by atoms with Gasteiger partial charge in [0.2, 0.25) is 0 Å². The molecule has 0 aromatic rings. The molecule has 2 fully saturated rings. The zero-order valence-corrected chi connectivity index (χ0v) is 10.5. The molecule has 4 heteroatoms.